The first kappa shape index (κ1) is 23.7. The van der Waals surface area contributed by atoms with E-state index in [9.17, 15) is 18.0 Å². The number of ether oxygens (including phenoxy) is 2. The number of sulfonamides is 1. The average molecular weight is 461 g/mol. The van der Waals surface area contributed by atoms with Crippen LogP contribution in [0.4, 0.5) is 5.69 Å². The summed E-state index contributed by atoms with van der Waals surface area (Å²) in [5, 5.41) is 2.75. The fraction of sp³-hybridized carbons (Fsp3) is 0.391. The number of benzene rings is 2. The number of rotatable bonds is 6. The highest BCUT2D eigenvalue weighted by atomic mass is 32.2. The van der Waals surface area contributed by atoms with E-state index in [0.717, 1.165) is 31.2 Å². The van der Waals surface area contributed by atoms with Crippen molar-refractivity contribution >= 4 is 27.6 Å². The van der Waals surface area contributed by atoms with E-state index in [-0.39, 0.29) is 21.8 Å². The molecule has 1 heterocycles. The van der Waals surface area contributed by atoms with Gasteiger partial charge < -0.3 is 14.8 Å². The predicted octanol–water partition coefficient (Wildman–Crippen LogP) is 3.61. The molecule has 0 aliphatic carbocycles. The first-order valence-corrected chi connectivity index (χ1v) is 11.9. The molecule has 32 heavy (non-hydrogen) atoms. The van der Waals surface area contributed by atoms with Gasteiger partial charge in [0.2, 0.25) is 10.0 Å². The summed E-state index contributed by atoms with van der Waals surface area (Å²) < 4.78 is 37.9. The smallest absolute Gasteiger partial charge is 0.337 e. The van der Waals surface area contributed by atoms with Crippen LogP contribution in [-0.4, -0.2) is 51.9 Å². The second kappa shape index (κ2) is 10.1. The van der Waals surface area contributed by atoms with Crippen molar-refractivity contribution in [1.29, 1.82) is 0 Å². The third-order valence-electron chi connectivity index (χ3n) is 5.53. The summed E-state index contributed by atoms with van der Waals surface area (Å²) in [6.07, 6.45) is 3.65. The Bertz CT molecular complexity index is 1110. The van der Waals surface area contributed by atoms with Crippen LogP contribution in [0, 0.1) is 6.92 Å². The molecule has 0 spiro atoms. The van der Waals surface area contributed by atoms with Gasteiger partial charge in [0.15, 0.2) is 0 Å². The molecule has 8 nitrogen and oxygen atoms in total. The fourth-order valence-electron chi connectivity index (χ4n) is 3.65. The van der Waals surface area contributed by atoms with Crippen LogP contribution in [0.3, 0.4) is 0 Å². The van der Waals surface area contributed by atoms with Crippen molar-refractivity contribution in [3.8, 4) is 5.75 Å². The summed E-state index contributed by atoms with van der Waals surface area (Å²) in [6.45, 7) is 2.72. The van der Waals surface area contributed by atoms with Gasteiger partial charge in [0.05, 0.1) is 30.2 Å². The zero-order valence-corrected chi connectivity index (χ0v) is 19.3. The fourth-order valence-corrected chi connectivity index (χ4v) is 5.19. The number of aryl methyl sites for hydroxylation is 1. The average Bonchev–Trinajstić information content (AvgIpc) is 3.09. The van der Waals surface area contributed by atoms with Crippen molar-refractivity contribution in [2.24, 2.45) is 0 Å². The lowest BCUT2D eigenvalue weighted by molar-refractivity contribution is 0.0600. The summed E-state index contributed by atoms with van der Waals surface area (Å²) in [6, 6.07) is 9.10. The Morgan fingerprint density at radius 3 is 2.28 bits per heavy atom. The third-order valence-corrected chi connectivity index (χ3v) is 7.42. The van der Waals surface area contributed by atoms with Crippen molar-refractivity contribution in [2.75, 3.05) is 32.6 Å². The summed E-state index contributed by atoms with van der Waals surface area (Å²) in [7, 11) is -1.04. The van der Waals surface area contributed by atoms with Gasteiger partial charge in [-0.05, 0) is 55.7 Å². The van der Waals surface area contributed by atoms with Gasteiger partial charge in [-0.25, -0.2) is 13.2 Å². The lowest BCUT2D eigenvalue weighted by Gasteiger charge is -2.21. The van der Waals surface area contributed by atoms with Crippen molar-refractivity contribution < 1.29 is 27.5 Å². The number of esters is 1. The molecular formula is C23H28N2O6S. The van der Waals surface area contributed by atoms with Crippen LogP contribution >= 0.6 is 0 Å². The molecule has 1 fully saturated rings. The molecule has 1 amide bonds. The van der Waals surface area contributed by atoms with E-state index >= 15 is 0 Å². The number of nitrogens with zero attached hydrogens (tertiary/aromatic N) is 1. The highest BCUT2D eigenvalue weighted by Crippen LogP contribution is 2.27. The van der Waals surface area contributed by atoms with E-state index in [1.54, 1.807) is 19.1 Å². The Balaban J connectivity index is 1.94. The van der Waals surface area contributed by atoms with Crippen molar-refractivity contribution in [1.82, 2.24) is 4.31 Å². The predicted molar refractivity (Wildman–Crippen MR) is 121 cm³/mol. The Morgan fingerprint density at radius 2 is 1.66 bits per heavy atom. The molecule has 3 rings (SSSR count). The summed E-state index contributed by atoms with van der Waals surface area (Å²) in [5.41, 5.74) is 1.53. The van der Waals surface area contributed by atoms with E-state index in [4.69, 9.17) is 9.47 Å². The second-order valence-corrected chi connectivity index (χ2v) is 9.59. The Labute approximate surface area is 188 Å². The van der Waals surface area contributed by atoms with Crippen LogP contribution < -0.4 is 10.1 Å². The van der Waals surface area contributed by atoms with E-state index < -0.39 is 21.9 Å². The molecule has 1 N–H and O–H groups in total. The number of anilines is 1. The number of carbonyl (C=O) groups excluding carboxylic acids is 2. The molecule has 0 atom stereocenters. The highest BCUT2D eigenvalue weighted by molar-refractivity contribution is 7.89. The maximum Gasteiger partial charge on any atom is 0.337 e. The van der Waals surface area contributed by atoms with Gasteiger partial charge in [0, 0.05) is 18.8 Å². The zero-order chi connectivity index (χ0) is 23.3. The molecule has 1 aliphatic rings. The van der Waals surface area contributed by atoms with Crippen molar-refractivity contribution in [3.05, 3.63) is 53.1 Å². The standard InChI is InChI=1S/C23H28N2O6S/c1-16-8-9-17(23(27)31-3)14-20(16)24-22(26)19-15-18(10-11-21(19)30-2)32(28,29)25-12-6-4-5-7-13-25/h8-11,14-15H,4-7,12-13H2,1-3H3,(H,24,26). The molecule has 2 aromatic carbocycles. The lowest BCUT2D eigenvalue weighted by atomic mass is 10.1. The second-order valence-electron chi connectivity index (χ2n) is 7.66. The normalized spacial score (nSPS) is 15.0. The molecule has 1 saturated heterocycles. The molecule has 2 aromatic rings. The topological polar surface area (TPSA) is 102 Å². The number of carbonyl (C=O) groups is 2. The van der Waals surface area contributed by atoms with E-state index in [2.05, 4.69) is 5.32 Å². The number of methoxy groups -OCH3 is 2. The van der Waals surface area contributed by atoms with Crippen molar-refractivity contribution in [2.45, 2.75) is 37.5 Å². The number of nitrogens with one attached hydrogen (secondary N) is 1. The number of hydrogen-bond acceptors (Lipinski definition) is 6. The summed E-state index contributed by atoms with van der Waals surface area (Å²) in [5.74, 6) is -0.817. The molecule has 0 radical (unpaired) electrons. The minimum Gasteiger partial charge on any atom is -0.496 e. The monoisotopic (exact) mass is 460 g/mol. The summed E-state index contributed by atoms with van der Waals surface area (Å²) >= 11 is 0. The van der Waals surface area contributed by atoms with Gasteiger partial charge in [-0.1, -0.05) is 18.9 Å². The van der Waals surface area contributed by atoms with Crippen LogP contribution in [0.2, 0.25) is 0 Å². The molecular weight excluding hydrogens is 432 g/mol. The summed E-state index contributed by atoms with van der Waals surface area (Å²) in [4.78, 5) is 25.0. The maximum atomic E-state index is 13.2. The molecule has 172 valence electrons. The van der Waals surface area contributed by atoms with E-state index in [1.165, 1.54) is 42.8 Å². The van der Waals surface area contributed by atoms with E-state index in [0.29, 0.717) is 18.8 Å². The van der Waals surface area contributed by atoms with Crippen LogP contribution in [0.15, 0.2) is 41.3 Å². The van der Waals surface area contributed by atoms with Gasteiger partial charge >= 0.3 is 5.97 Å². The van der Waals surface area contributed by atoms with Gasteiger partial charge in [-0.15, -0.1) is 0 Å². The Kier molecular flexibility index (Phi) is 7.52. The molecule has 9 heteroatoms. The molecule has 0 bridgehead atoms. The van der Waals surface area contributed by atoms with Gasteiger partial charge in [0.25, 0.3) is 5.91 Å². The minimum atomic E-state index is -3.73. The molecule has 0 saturated carbocycles. The van der Waals surface area contributed by atoms with Crippen molar-refractivity contribution in [3.63, 3.8) is 0 Å². The Hall–Kier alpha value is -2.91. The SMILES string of the molecule is COC(=O)c1ccc(C)c(NC(=O)c2cc(S(=O)(=O)N3CCCCCC3)ccc2OC)c1. The molecule has 0 unspecified atom stereocenters. The first-order valence-electron chi connectivity index (χ1n) is 10.5. The maximum absolute atomic E-state index is 13.2. The van der Waals surface area contributed by atoms with E-state index in [1.807, 2.05) is 0 Å². The van der Waals surface area contributed by atoms with Gasteiger partial charge in [-0.2, -0.15) is 4.31 Å². The van der Waals surface area contributed by atoms with Crippen LogP contribution in [0.25, 0.3) is 0 Å². The molecule has 0 aromatic heterocycles. The highest BCUT2D eigenvalue weighted by Gasteiger charge is 2.27. The van der Waals surface area contributed by atoms with Crippen LogP contribution in [0.1, 0.15) is 52.0 Å². The van der Waals surface area contributed by atoms with Crippen LogP contribution in [-0.2, 0) is 14.8 Å². The quantitative estimate of drug-likeness (QED) is 0.661. The number of amides is 1. The minimum absolute atomic E-state index is 0.0467. The molecule has 1 aliphatic heterocycles. The third kappa shape index (κ3) is 5.11. The Morgan fingerprint density at radius 1 is 0.969 bits per heavy atom. The number of hydrogen-bond donors (Lipinski definition) is 1. The lowest BCUT2D eigenvalue weighted by Crippen LogP contribution is -2.32. The van der Waals surface area contributed by atoms with Gasteiger partial charge in [-0.3, -0.25) is 4.79 Å². The zero-order valence-electron chi connectivity index (χ0n) is 18.5. The van der Waals surface area contributed by atoms with Crippen LogP contribution in [0.5, 0.6) is 5.75 Å². The largest absolute Gasteiger partial charge is 0.496 e. The van der Waals surface area contributed by atoms with Gasteiger partial charge in [0.1, 0.15) is 5.75 Å². The first-order chi connectivity index (χ1) is 15.3.